The Morgan fingerprint density at radius 1 is 0.769 bits per heavy atom. The van der Waals surface area contributed by atoms with E-state index < -0.39 is 5.54 Å². The van der Waals surface area contributed by atoms with Crippen molar-refractivity contribution in [1.82, 2.24) is 5.32 Å². The lowest BCUT2D eigenvalue weighted by Gasteiger charge is -2.32. The molecule has 3 aromatic rings. The first kappa shape index (κ1) is 18.2. The van der Waals surface area contributed by atoms with Crippen LogP contribution in [0.3, 0.4) is 0 Å². The third-order valence-corrected chi connectivity index (χ3v) is 4.86. The number of hydrogen-bond acceptors (Lipinski definition) is 3. The molecule has 0 spiro atoms. The Morgan fingerprint density at radius 3 is 1.77 bits per heavy atom. The molecule has 3 aromatic carbocycles. The van der Waals surface area contributed by atoms with Gasteiger partial charge < -0.3 is 16.0 Å². The van der Waals surface area contributed by atoms with Crippen LogP contribution in [0.4, 0.5) is 5.69 Å². The molecule has 0 radical (unpaired) electrons. The van der Waals surface area contributed by atoms with Crippen molar-refractivity contribution in [1.29, 1.82) is 0 Å². The topological polar surface area (TPSA) is 41.3 Å². The Bertz CT molecular complexity index is 824. The van der Waals surface area contributed by atoms with Crippen molar-refractivity contribution in [2.75, 3.05) is 26.0 Å². The Morgan fingerprint density at radius 2 is 1.27 bits per heavy atom. The number of nitrogens with two attached hydrogens (primary N) is 1. The lowest BCUT2D eigenvalue weighted by molar-refractivity contribution is 0.652. The monoisotopic (exact) mass is 345 g/mol. The van der Waals surface area contributed by atoms with Gasteiger partial charge in [0.2, 0.25) is 0 Å². The molecule has 0 fully saturated rings. The van der Waals surface area contributed by atoms with Gasteiger partial charge in [0.05, 0.1) is 5.54 Å². The van der Waals surface area contributed by atoms with Gasteiger partial charge in [0.1, 0.15) is 0 Å². The molecule has 0 saturated heterocycles. The van der Waals surface area contributed by atoms with E-state index in [4.69, 9.17) is 5.73 Å². The summed E-state index contributed by atoms with van der Waals surface area (Å²) in [6.07, 6.45) is 0. The summed E-state index contributed by atoms with van der Waals surface area (Å²) >= 11 is 0. The van der Waals surface area contributed by atoms with Crippen molar-refractivity contribution in [3.63, 3.8) is 0 Å². The smallest absolute Gasteiger partial charge is 0.0922 e. The molecule has 0 amide bonds. The van der Waals surface area contributed by atoms with E-state index in [9.17, 15) is 0 Å². The number of hydrogen-bond donors (Lipinski definition) is 2. The van der Waals surface area contributed by atoms with Crippen LogP contribution < -0.4 is 16.0 Å². The van der Waals surface area contributed by atoms with Gasteiger partial charge in [-0.25, -0.2) is 0 Å². The fraction of sp³-hybridized carbons (Fsp3) is 0.217. The molecule has 3 rings (SSSR count). The van der Waals surface area contributed by atoms with Crippen molar-refractivity contribution < 1.29 is 0 Å². The number of rotatable bonds is 6. The highest BCUT2D eigenvalue weighted by molar-refractivity contribution is 5.53. The molecule has 0 heterocycles. The fourth-order valence-electron chi connectivity index (χ4n) is 3.31. The van der Waals surface area contributed by atoms with Crippen LogP contribution in [0.25, 0.3) is 0 Å². The average molecular weight is 345 g/mol. The fourth-order valence-corrected chi connectivity index (χ4v) is 3.31. The maximum atomic E-state index is 7.08. The second-order valence-corrected chi connectivity index (χ2v) is 6.84. The van der Waals surface area contributed by atoms with E-state index in [1.807, 2.05) is 39.3 Å². The van der Waals surface area contributed by atoms with Gasteiger partial charge in [-0.05, 0) is 41.4 Å². The van der Waals surface area contributed by atoms with Crippen molar-refractivity contribution >= 4 is 5.69 Å². The van der Waals surface area contributed by atoms with Crippen LogP contribution in [0.15, 0.2) is 78.9 Å². The van der Waals surface area contributed by atoms with E-state index in [2.05, 4.69) is 70.9 Å². The summed E-state index contributed by atoms with van der Waals surface area (Å²) in [7, 11) is 6.04. The average Bonchev–Trinajstić information content (AvgIpc) is 2.69. The van der Waals surface area contributed by atoms with Gasteiger partial charge in [0, 0.05) is 26.3 Å². The van der Waals surface area contributed by atoms with Crippen molar-refractivity contribution in [3.8, 4) is 0 Å². The quantitative estimate of drug-likeness (QED) is 0.669. The van der Waals surface area contributed by atoms with Gasteiger partial charge in [-0.15, -0.1) is 0 Å². The second kappa shape index (κ2) is 7.73. The molecule has 1 atom stereocenters. The van der Waals surface area contributed by atoms with Gasteiger partial charge in [-0.2, -0.15) is 0 Å². The van der Waals surface area contributed by atoms with Gasteiger partial charge >= 0.3 is 0 Å². The molecule has 26 heavy (non-hydrogen) atoms. The third-order valence-electron chi connectivity index (χ3n) is 4.86. The van der Waals surface area contributed by atoms with Crippen LogP contribution in [-0.2, 0) is 12.1 Å². The van der Waals surface area contributed by atoms with Crippen LogP contribution in [0, 0.1) is 0 Å². The molecular weight excluding hydrogens is 318 g/mol. The molecule has 3 heteroatoms. The van der Waals surface area contributed by atoms with Gasteiger partial charge in [0.25, 0.3) is 0 Å². The maximum Gasteiger partial charge on any atom is 0.0922 e. The highest BCUT2D eigenvalue weighted by Gasteiger charge is 2.31. The molecule has 134 valence electrons. The second-order valence-electron chi connectivity index (χ2n) is 6.84. The molecule has 0 aromatic heterocycles. The highest BCUT2D eigenvalue weighted by Crippen LogP contribution is 2.35. The molecule has 0 aliphatic heterocycles. The Hall–Kier alpha value is -2.62. The SMILES string of the molecule is CNCc1ccc(C(N)(c2ccccc2)c2ccc(N(C)C)cc2)cc1. The van der Waals surface area contributed by atoms with E-state index in [1.54, 1.807) is 0 Å². The zero-order chi connectivity index (χ0) is 18.6. The first-order chi connectivity index (χ1) is 12.6. The van der Waals surface area contributed by atoms with E-state index >= 15 is 0 Å². The number of nitrogens with zero attached hydrogens (tertiary/aromatic N) is 1. The highest BCUT2D eigenvalue weighted by atomic mass is 15.1. The van der Waals surface area contributed by atoms with E-state index in [0.717, 1.165) is 28.9 Å². The Labute approximate surface area is 156 Å². The minimum Gasteiger partial charge on any atom is -0.378 e. The molecule has 0 bridgehead atoms. The van der Waals surface area contributed by atoms with Crippen LogP contribution in [-0.4, -0.2) is 21.1 Å². The van der Waals surface area contributed by atoms with Gasteiger partial charge in [-0.1, -0.05) is 66.7 Å². The summed E-state index contributed by atoms with van der Waals surface area (Å²) in [6.45, 7) is 0.848. The molecule has 3 N–H and O–H groups in total. The van der Waals surface area contributed by atoms with Crippen LogP contribution in [0.2, 0.25) is 0 Å². The largest absolute Gasteiger partial charge is 0.378 e. The number of benzene rings is 3. The van der Waals surface area contributed by atoms with Crippen molar-refractivity contribution in [2.24, 2.45) is 5.73 Å². The lowest BCUT2D eigenvalue weighted by atomic mass is 9.78. The summed E-state index contributed by atoms with van der Waals surface area (Å²) in [5.74, 6) is 0. The van der Waals surface area contributed by atoms with E-state index in [0.29, 0.717) is 0 Å². The van der Waals surface area contributed by atoms with Crippen LogP contribution in [0.1, 0.15) is 22.3 Å². The van der Waals surface area contributed by atoms with E-state index in [-0.39, 0.29) is 0 Å². The molecule has 0 aliphatic carbocycles. The standard InChI is InChI=1S/C23H27N3/c1-25-17-18-9-11-20(12-10-18)23(24,19-7-5-4-6-8-19)21-13-15-22(16-14-21)26(2)3/h4-16,25H,17,24H2,1-3H3. The zero-order valence-electron chi connectivity index (χ0n) is 15.7. The Kier molecular flexibility index (Phi) is 5.40. The van der Waals surface area contributed by atoms with Gasteiger partial charge in [-0.3, -0.25) is 0 Å². The van der Waals surface area contributed by atoms with Crippen LogP contribution in [0.5, 0.6) is 0 Å². The van der Waals surface area contributed by atoms with Crippen LogP contribution >= 0.6 is 0 Å². The Balaban J connectivity index is 2.10. The predicted molar refractivity (Wildman–Crippen MR) is 110 cm³/mol. The summed E-state index contributed by atoms with van der Waals surface area (Å²) in [5, 5.41) is 3.19. The lowest BCUT2D eigenvalue weighted by Crippen LogP contribution is -2.39. The molecule has 3 nitrogen and oxygen atoms in total. The summed E-state index contributed by atoms with van der Waals surface area (Å²) in [5.41, 5.74) is 12.0. The van der Waals surface area contributed by atoms with Gasteiger partial charge in [0.15, 0.2) is 0 Å². The minimum absolute atomic E-state index is 0.690. The first-order valence-corrected chi connectivity index (χ1v) is 8.92. The third kappa shape index (κ3) is 3.50. The molecule has 1 unspecified atom stereocenters. The molecule has 0 saturated carbocycles. The maximum absolute atomic E-state index is 7.08. The van der Waals surface area contributed by atoms with E-state index in [1.165, 1.54) is 5.56 Å². The van der Waals surface area contributed by atoms with Crippen molar-refractivity contribution in [2.45, 2.75) is 12.1 Å². The number of anilines is 1. The summed E-state index contributed by atoms with van der Waals surface area (Å²) < 4.78 is 0. The summed E-state index contributed by atoms with van der Waals surface area (Å²) in [6, 6.07) is 27.4. The normalized spacial score (nSPS) is 13.2. The number of nitrogens with one attached hydrogen (secondary N) is 1. The minimum atomic E-state index is -0.690. The molecule has 0 aliphatic rings. The molecular formula is C23H27N3. The first-order valence-electron chi connectivity index (χ1n) is 8.92. The predicted octanol–water partition coefficient (Wildman–Crippen LogP) is 3.72. The van der Waals surface area contributed by atoms with Crippen molar-refractivity contribution in [3.05, 3.63) is 101 Å². The zero-order valence-corrected chi connectivity index (χ0v) is 15.7. The summed E-state index contributed by atoms with van der Waals surface area (Å²) in [4.78, 5) is 2.09.